The summed E-state index contributed by atoms with van der Waals surface area (Å²) >= 11 is 0. The van der Waals surface area contributed by atoms with Gasteiger partial charge in [-0.2, -0.15) is 0 Å². The summed E-state index contributed by atoms with van der Waals surface area (Å²) in [7, 11) is 0. The van der Waals surface area contributed by atoms with Crippen LogP contribution in [0, 0.1) is 0 Å². The lowest BCUT2D eigenvalue weighted by Crippen LogP contribution is -2.56. The Labute approximate surface area is 205 Å². The second-order valence-corrected chi connectivity index (χ2v) is 9.34. The first kappa shape index (κ1) is 23.2. The summed E-state index contributed by atoms with van der Waals surface area (Å²) in [6, 6.07) is 12.5. The second-order valence-electron chi connectivity index (χ2n) is 9.34. The van der Waals surface area contributed by atoms with Crippen molar-refractivity contribution in [2.45, 2.75) is 45.1 Å². The highest BCUT2D eigenvalue weighted by molar-refractivity contribution is 6.11. The molecule has 1 unspecified atom stereocenters. The fourth-order valence-electron chi connectivity index (χ4n) is 5.30. The predicted molar refractivity (Wildman–Crippen MR) is 135 cm³/mol. The predicted octanol–water partition coefficient (Wildman–Crippen LogP) is 3.67. The van der Waals surface area contributed by atoms with Gasteiger partial charge in [0.15, 0.2) is 0 Å². The van der Waals surface area contributed by atoms with Gasteiger partial charge in [0, 0.05) is 30.9 Å². The average molecular weight is 477 g/mol. The highest BCUT2D eigenvalue weighted by atomic mass is 16.5. The van der Waals surface area contributed by atoms with Crippen LogP contribution in [0.5, 0.6) is 5.75 Å². The number of fused-ring (bicyclic) bond motifs is 3. The van der Waals surface area contributed by atoms with E-state index >= 15 is 0 Å². The molecule has 0 aliphatic carbocycles. The number of hydrogen-bond acceptors (Lipinski definition) is 5. The summed E-state index contributed by atoms with van der Waals surface area (Å²) in [5.41, 5.74) is 2.76. The van der Waals surface area contributed by atoms with Gasteiger partial charge in [0.1, 0.15) is 18.3 Å². The molecule has 1 N–H and O–H groups in total. The molecule has 8 nitrogen and oxygen atoms in total. The van der Waals surface area contributed by atoms with E-state index in [0.29, 0.717) is 23.5 Å². The van der Waals surface area contributed by atoms with Gasteiger partial charge in [0.25, 0.3) is 5.91 Å². The summed E-state index contributed by atoms with van der Waals surface area (Å²) in [4.78, 5) is 45.2. The standard InChI is InChI=1S/C27H32N4O4/c1-2-35-21-11-9-20(10-12-21)28-25(32)18-31-24-17-19(26(33)29-14-5-6-15-29)8-13-22(24)30-16-4-3-7-23(30)27(31)34/h8-13,17,23H,2-7,14-16,18H2,1H3,(H,28,32). The van der Waals surface area contributed by atoms with E-state index in [-0.39, 0.29) is 30.3 Å². The van der Waals surface area contributed by atoms with Gasteiger partial charge < -0.3 is 19.9 Å². The number of nitrogens with zero attached hydrogens (tertiary/aromatic N) is 3. The first-order valence-electron chi connectivity index (χ1n) is 12.6. The Hall–Kier alpha value is -3.55. The van der Waals surface area contributed by atoms with Crippen molar-refractivity contribution in [3.8, 4) is 5.75 Å². The Kier molecular flexibility index (Phi) is 6.61. The molecule has 35 heavy (non-hydrogen) atoms. The van der Waals surface area contributed by atoms with Crippen LogP contribution >= 0.6 is 0 Å². The third-order valence-corrected chi connectivity index (χ3v) is 7.02. The minimum Gasteiger partial charge on any atom is -0.494 e. The molecule has 0 saturated carbocycles. The van der Waals surface area contributed by atoms with Crippen LogP contribution in [0.3, 0.4) is 0 Å². The van der Waals surface area contributed by atoms with Crippen LogP contribution in [0.4, 0.5) is 17.1 Å². The van der Waals surface area contributed by atoms with Gasteiger partial charge in [-0.15, -0.1) is 0 Å². The third kappa shape index (κ3) is 4.70. The molecule has 0 bridgehead atoms. The monoisotopic (exact) mass is 476 g/mol. The normalized spacial score (nSPS) is 19.3. The maximum Gasteiger partial charge on any atom is 0.253 e. The van der Waals surface area contributed by atoms with E-state index in [0.717, 1.165) is 63.2 Å². The van der Waals surface area contributed by atoms with Crippen LogP contribution in [-0.4, -0.2) is 61.4 Å². The minimum absolute atomic E-state index is 0.0164. The molecule has 5 rings (SSSR count). The first-order valence-corrected chi connectivity index (χ1v) is 12.6. The second kappa shape index (κ2) is 9.98. The molecular formula is C27H32N4O4. The van der Waals surface area contributed by atoms with E-state index in [2.05, 4.69) is 10.2 Å². The number of hydrogen-bond donors (Lipinski definition) is 1. The lowest BCUT2D eigenvalue weighted by atomic mass is 9.95. The van der Waals surface area contributed by atoms with Crippen molar-refractivity contribution in [3.05, 3.63) is 48.0 Å². The van der Waals surface area contributed by atoms with Crippen LogP contribution in [0.1, 0.15) is 49.4 Å². The van der Waals surface area contributed by atoms with Crippen molar-refractivity contribution in [2.75, 3.05) is 47.9 Å². The zero-order valence-corrected chi connectivity index (χ0v) is 20.2. The number of nitrogens with one attached hydrogen (secondary N) is 1. The summed E-state index contributed by atoms with van der Waals surface area (Å²) in [5.74, 6) is 0.356. The zero-order valence-electron chi connectivity index (χ0n) is 20.2. The van der Waals surface area contributed by atoms with Crippen molar-refractivity contribution in [1.82, 2.24) is 4.90 Å². The molecule has 3 aliphatic rings. The summed E-state index contributed by atoms with van der Waals surface area (Å²) in [5, 5.41) is 2.89. The SMILES string of the molecule is CCOc1ccc(NC(=O)CN2C(=O)C3CCCCN3c3ccc(C(=O)N4CCCC4)cc32)cc1. The molecule has 2 saturated heterocycles. The van der Waals surface area contributed by atoms with Crippen LogP contribution in [0.2, 0.25) is 0 Å². The molecule has 0 radical (unpaired) electrons. The fraction of sp³-hybridized carbons (Fsp3) is 0.444. The maximum atomic E-state index is 13.6. The molecule has 3 heterocycles. The lowest BCUT2D eigenvalue weighted by Gasteiger charge is -2.45. The van der Waals surface area contributed by atoms with Crippen molar-refractivity contribution < 1.29 is 19.1 Å². The quantitative estimate of drug-likeness (QED) is 0.688. The molecule has 3 aliphatic heterocycles. The summed E-state index contributed by atoms with van der Waals surface area (Å²) < 4.78 is 5.46. The Morgan fingerprint density at radius 3 is 2.46 bits per heavy atom. The number of benzene rings is 2. The van der Waals surface area contributed by atoms with Gasteiger partial charge in [-0.25, -0.2) is 0 Å². The maximum absolute atomic E-state index is 13.6. The number of carbonyl (C=O) groups excluding carboxylic acids is 3. The van der Waals surface area contributed by atoms with Crippen molar-refractivity contribution in [2.24, 2.45) is 0 Å². The van der Waals surface area contributed by atoms with Gasteiger partial charge in [0.2, 0.25) is 11.8 Å². The molecule has 0 aromatic heterocycles. The molecule has 2 fully saturated rings. The molecule has 1 atom stereocenters. The number of rotatable bonds is 6. The molecule has 8 heteroatoms. The van der Waals surface area contributed by atoms with Crippen molar-refractivity contribution in [3.63, 3.8) is 0 Å². The van der Waals surface area contributed by atoms with Crippen molar-refractivity contribution >= 4 is 34.8 Å². The number of likely N-dealkylation sites (tertiary alicyclic amines) is 1. The largest absolute Gasteiger partial charge is 0.494 e. The summed E-state index contributed by atoms with van der Waals surface area (Å²) in [6.07, 6.45) is 4.81. The Morgan fingerprint density at radius 2 is 1.71 bits per heavy atom. The fourth-order valence-corrected chi connectivity index (χ4v) is 5.30. The smallest absolute Gasteiger partial charge is 0.253 e. The molecular weight excluding hydrogens is 444 g/mol. The Balaban J connectivity index is 1.40. The van der Waals surface area contributed by atoms with Crippen LogP contribution in [-0.2, 0) is 9.59 Å². The van der Waals surface area contributed by atoms with E-state index in [1.165, 1.54) is 0 Å². The number of ether oxygens (including phenoxy) is 1. The number of anilines is 3. The zero-order chi connectivity index (χ0) is 24.4. The van der Waals surface area contributed by atoms with Gasteiger partial charge >= 0.3 is 0 Å². The molecule has 3 amide bonds. The Morgan fingerprint density at radius 1 is 0.971 bits per heavy atom. The lowest BCUT2D eigenvalue weighted by molar-refractivity contribution is -0.123. The highest BCUT2D eigenvalue weighted by Gasteiger charge is 2.40. The van der Waals surface area contributed by atoms with Gasteiger partial charge in [-0.3, -0.25) is 19.3 Å². The van der Waals surface area contributed by atoms with Gasteiger partial charge in [-0.1, -0.05) is 0 Å². The number of carbonyl (C=O) groups is 3. The van der Waals surface area contributed by atoms with Gasteiger partial charge in [-0.05, 0) is 81.5 Å². The van der Waals surface area contributed by atoms with Crippen LogP contribution < -0.4 is 19.9 Å². The van der Waals surface area contributed by atoms with E-state index in [4.69, 9.17) is 4.74 Å². The highest BCUT2D eigenvalue weighted by Crippen LogP contribution is 2.40. The number of amides is 3. The first-order chi connectivity index (χ1) is 17.0. The molecule has 2 aromatic rings. The van der Waals surface area contributed by atoms with Crippen LogP contribution in [0.15, 0.2) is 42.5 Å². The summed E-state index contributed by atoms with van der Waals surface area (Å²) in [6.45, 7) is 4.71. The van der Waals surface area contributed by atoms with Crippen molar-refractivity contribution in [1.29, 1.82) is 0 Å². The topological polar surface area (TPSA) is 82.2 Å². The van der Waals surface area contributed by atoms with E-state index in [1.807, 2.05) is 24.0 Å². The molecule has 2 aromatic carbocycles. The van der Waals surface area contributed by atoms with E-state index in [9.17, 15) is 14.4 Å². The Bertz CT molecular complexity index is 1110. The number of piperidine rings is 1. The van der Waals surface area contributed by atoms with E-state index < -0.39 is 0 Å². The van der Waals surface area contributed by atoms with E-state index in [1.54, 1.807) is 35.2 Å². The van der Waals surface area contributed by atoms with Gasteiger partial charge in [0.05, 0.1) is 18.0 Å². The third-order valence-electron chi connectivity index (χ3n) is 7.02. The average Bonchev–Trinajstić information content (AvgIpc) is 3.42. The van der Waals surface area contributed by atoms with Crippen LogP contribution in [0.25, 0.3) is 0 Å². The minimum atomic E-state index is -0.283. The molecule has 184 valence electrons. The molecule has 0 spiro atoms.